The number of imide groups is 1. The molecule has 35 heavy (non-hydrogen) atoms. The molecule has 1 aromatic carbocycles. The minimum atomic E-state index is -0.730. The minimum Gasteiger partial charge on any atom is -0.381 e. The van der Waals surface area contributed by atoms with Gasteiger partial charge in [-0.25, -0.2) is 4.68 Å². The number of carbonyl (C=O) groups excluding carboxylic acids is 4. The first kappa shape index (κ1) is 22.7. The summed E-state index contributed by atoms with van der Waals surface area (Å²) in [5, 5.41) is 10.4. The average Bonchev–Trinajstić information content (AvgIpc) is 3.49. The number of rotatable bonds is 4. The summed E-state index contributed by atoms with van der Waals surface area (Å²) in [5.41, 5.74) is 1.26. The van der Waals surface area contributed by atoms with Gasteiger partial charge in [-0.15, -0.1) is 11.5 Å². The quantitative estimate of drug-likeness (QED) is 0.496. The first-order chi connectivity index (χ1) is 16.8. The van der Waals surface area contributed by atoms with E-state index >= 15 is 0 Å². The molecule has 0 saturated carbocycles. The highest BCUT2D eigenvalue weighted by molar-refractivity contribution is 6.05. The van der Waals surface area contributed by atoms with E-state index in [0.29, 0.717) is 43.7 Å². The highest BCUT2D eigenvalue weighted by Crippen LogP contribution is 2.30. The molecular weight excluding hydrogens is 452 g/mol. The van der Waals surface area contributed by atoms with Crippen LogP contribution in [0.15, 0.2) is 24.4 Å². The van der Waals surface area contributed by atoms with Crippen LogP contribution in [-0.2, 0) is 20.9 Å². The summed E-state index contributed by atoms with van der Waals surface area (Å²) in [5.74, 6) is 1.38. The average molecular weight is 476 g/mol. The highest BCUT2D eigenvalue weighted by Gasteiger charge is 2.40. The largest absolute Gasteiger partial charge is 0.381 e. The van der Waals surface area contributed by atoms with E-state index in [2.05, 4.69) is 21.5 Å². The third-order valence-corrected chi connectivity index (χ3v) is 7.02. The van der Waals surface area contributed by atoms with Crippen molar-refractivity contribution >= 4 is 23.6 Å². The van der Waals surface area contributed by atoms with Gasteiger partial charge in [0.2, 0.25) is 11.8 Å². The number of nitrogens with one attached hydrogen (secondary N) is 1. The molecule has 11 nitrogen and oxygen atoms in total. The Morgan fingerprint density at radius 3 is 2.77 bits per heavy atom. The van der Waals surface area contributed by atoms with Gasteiger partial charge in [-0.2, -0.15) is 0 Å². The molecule has 1 aromatic heterocycles. The second kappa shape index (κ2) is 8.63. The molecule has 180 valence electrons. The molecule has 0 aliphatic carbocycles. The maximum absolute atomic E-state index is 13.1. The van der Waals surface area contributed by atoms with Crippen molar-refractivity contribution in [2.75, 3.05) is 20.3 Å². The molecule has 4 heterocycles. The summed E-state index contributed by atoms with van der Waals surface area (Å²) < 4.78 is 6.86. The van der Waals surface area contributed by atoms with Gasteiger partial charge in [-0.3, -0.25) is 24.5 Å². The minimum absolute atomic E-state index is 0.148. The lowest BCUT2D eigenvalue weighted by atomic mass is 9.89. The van der Waals surface area contributed by atoms with Crippen molar-refractivity contribution in [1.29, 1.82) is 0 Å². The van der Waals surface area contributed by atoms with Crippen molar-refractivity contribution in [1.82, 2.24) is 30.1 Å². The zero-order chi connectivity index (χ0) is 24.7. The topological polar surface area (TPSA) is 127 Å². The summed E-state index contributed by atoms with van der Waals surface area (Å²) in [4.78, 5) is 52.7. The number of benzene rings is 1. The Balaban J connectivity index is 1.35. The van der Waals surface area contributed by atoms with Crippen LogP contribution in [0.25, 0.3) is 5.69 Å². The van der Waals surface area contributed by atoms with Crippen LogP contribution in [0, 0.1) is 12.3 Å². The van der Waals surface area contributed by atoms with Crippen molar-refractivity contribution in [3.05, 3.63) is 41.2 Å². The van der Waals surface area contributed by atoms with Crippen molar-refractivity contribution < 1.29 is 23.9 Å². The number of hydrogen-bond acceptors (Lipinski definition) is 7. The molecule has 2 fully saturated rings. The number of aromatic nitrogens is 3. The van der Waals surface area contributed by atoms with Crippen LogP contribution in [0.5, 0.6) is 0 Å². The molecule has 0 bridgehead atoms. The molecule has 5 rings (SSSR count). The van der Waals surface area contributed by atoms with Gasteiger partial charge >= 0.3 is 0 Å². The number of amides is 4. The summed E-state index contributed by atoms with van der Waals surface area (Å²) in [6.45, 7) is 1.21. The maximum atomic E-state index is 13.1. The Kier molecular flexibility index (Phi) is 5.61. The third kappa shape index (κ3) is 3.85. The van der Waals surface area contributed by atoms with Crippen LogP contribution in [-0.4, -0.2) is 80.3 Å². The number of ether oxygens (including phenoxy) is 1. The molecular formula is C24H24N6O5. The summed E-state index contributed by atoms with van der Waals surface area (Å²) in [6.07, 6.45) is 8.89. The van der Waals surface area contributed by atoms with E-state index in [-0.39, 0.29) is 36.4 Å². The SMILES string of the molecule is C#CC1(N(C)C(=O)c2cn(-c3ccc4c(c3)CN(C3CCC(=O)NC3=O)C4=O)nn2)CCOCC1. The zero-order valence-electron chi connectivity index (χ0n) is 19.2. The third-order valence-electron chi connectivity index (χ3n) is 7.02. The maximum Gasteiger partial charge on any atom is 0.277 e. The molecule has 1 atom stereocenters. The molecule has 3 aliphatic heterocycles. The molecule has 11 heteroatoms. The number of fused-ring (bicyclic) bond motifs is 1. The number of piperidine rings is 1. The monoisotopic (exact) mass is 476 g/mol. The van der Waals surface area contributed by atoms with Crippen molar-refractivity contribution in [3.8, 4) is 18.0 Å². The van der Waals surface area contributed by atoms with Crippen LogP contribution in [0.1, 0.15) is 52.1 Å². The van der Waals surface area contributed by atoms with Gasteiger partial charge < -0.3 is 14.5 Å². The number of carbonyl (C=O) groups is 4. The van der Waals surface area contributed by atoms with E-state index in [0.717, 1.165) is 5.56 Å². The van der Waals surface area contributed by atoms with Gasteiger partial charge in [0.15, 0.2) is 5.69 Å². The van der Waals surface area contributed by atoms with E-state index in [1.807, 2.05) is 0 Å². The van der Waals surface area contributed by atoms with E-state index in [1.54, 1.807) is 25.2 Å². The van der Waals surface area contributed by atoms with Gasteiger partial charge in [-0.1, -0.05) is 11.1 Å². The molecule has 2 aromatic rings. The van der Waals surface area contributed by atoms with Gasteiger partial charge in [0.05, 0.1) is 11.9 Å². The first-order valence-electron chi connectivity index (χ1n) is 11.4. The van der Waals surface area contributed by atoms with E-state index in [9.17, 15) is 19.2 Å². The number of nitrogens with zero attached hydrogens (tertiary/aromatic N) is 5. The highest BCUT2D eigenvalue weighted by atomic mass is 16.5. The fourth-order valence-electron chi connectivity index (χ4n) is 4.84. The smallest absolute Gasteiger partial charge is 0.277 e. The van der Waals surface area contributed by atoms with Gasteiger partial charge in [0, 0.05) is 51.6 Å². The summed E-state index contributed by atoms with van der Waals surface area (Å²) >= 11 is 0. The Morgan fingerprint density at radius 1 is 1.29 bits per heavy atom. The zero-order valence-corrected chi connectivity index (χ0v) is 19.2. The van der Waals surface area contributed by atoms with E-state index < -0.39 is 17.5 Å². The summed E-state index contributed by atoms with van der Waals surface area (Å²) in [7, 11) is 1.66. The molecule has 3 aliphatic rings. The van der Waals surface area contributed by atoms with Crippen molar-refractivity contribution in [3.63, 3.8) is 0 Å². The lowest BCUT2D eigenvalue weighted by Crippen LogP contribution is -2.52. The Bertz CT molecular complexity index is 1270. The molecule has 0 radical (unpaired) electrons. The summed E-state index contributed by atoms with van der Waals surface area (Å²) in [6, 6.07) is 4.48. The van der Waals surface area contributed by atoms with Crippen LogP contribution >= 0.6 is 0 Å². The number of hydrogen-bond donors (Lipinski definition) is 1. The predicted molar refractivity (Wildman–Crippen MR) is 121 cm³/mol. The Labute approximate surface area is 201 Å². The van der Waals surface area contributed by atoms with Crippen molar-refractivity contribution in [2.45, 2.75) is 43.8 Å². The fourth-order valence-corrected chi connectivity index (χ4v) is 4.84. The lowest BCUT2D eigenvalue weighted by molar-refractivity contribution is -0.136. The first-order valence-corrected chi connectivity index (χ1v) is 11.4. The second-order valence-electron chi connectivity index (χ2n) is 8.94. The molecule has 0 spiro atoms. The predicted octanol–water partition coefficient (Wildman–Crippen LogP) is 0.283. The van der Waals surface area contributed by atoms with E-state index in [4.69, 9.17) is 11.2 Å². The fraction of sp³-hybridized carbons (Fsp3) is 0.417. The Morgan fingerprint density at radius 2 is 2.06 bits per heavy atom. The van der Waals surface area contributed by atoms with Gasteiger partial charge in [-0.05, 0) is 30.2 Å². The van der Waals surface area contributed by atoms with Crippen LogP contribution < -0.4 is 5.32 Å². The van der Waals surface area contributed by atoms with Crippen LogP contribution in [0.2, 0.25) is 0 Å². The van der Waals surface area contributed by atoms with Crippen molar-refractivity contribution in [2.24, 2.45) is 0 Å². The lowest BCUT2D eigenvalue weighted by Gasteiger charge is -2.40. The van der Waals surface area contributed by atoms with Gasteiger partial charge in [0.1, 0.15) is 11.6 Å². The Hall–Kier alpha value is -4.04. The second-order valence-corrected chi connectivity index (χ2v) is 8.94. The van der Waals surface area contributed by atoms with E-state index in [1.165, 1.54) is 20.7 Å². The molecule has 1 N–H and O–H groups in total. The standard InChI is InChI=1S/C24H24N6O5/c1-3-24(8-10-35-11-9-24)28(2)23(34)18-14-30(27-26-18)16-4-5-17-15(12-16)13-29(22(17)33)19-6-7-20(31)25-21(19)32/h1,4-5,12,14,19H,6-11,13H2,2H3,(H,25,31,32). The van der Waals surface area contributed by atoms with Gasteiger partial charge in [0.25, 0.3) is 11.8 Å². The van der Waals surface area contributed by atoms with Crippen LogP contribution in [0.3, 0.4) is 0 Å². The molecule has 2 saturated heterocycles. The molecule has 4 amide bonds. The van der Waals surface area contributed by atoms with Crippen LogP contribution in [0.4, 0.5) is 0 Å². The number of terminal acetylenes is 1. The molecule has 1 unspecified atom stereocenters. The normalized spacial score (nSPS) is 21.3.